The number of hydrogen-bond acceptors (Lipinski definition) is 7. The number of phenolic OH excluding ortho intramolecular Hbond substituents is 1. The van der Waals surface area contributed by atoms with Gasteiger partial charge in [0.15, 0.2) is 28.8 Å². The van der Waals surface area contributed by atoms with Crippen LogP contribution in [0.1, 0.15) is 36.3 Å². The number of halogens is 2. The minimum atomic E-state index is -0.809. The van der Waals surface area contributed by atoms with Crippen LogP contribution in [0, 0.1) is 11.6 Å². The van der Waals surface area contributed by atoms with E-state index in [4.69, 9.17) is 20.3 Å². The molecule has 8 nitrogen and oxygen atoms in total. The summed E-state index contributed by atoms with van der Waals surface area (Å²) in [7, 11) is 1.37. The Morgan fingerprint density at radius 3 is 2.26 bits per heavy atom. The molecule has 3 aromatic rings. The van der Waals surface area contributed by atoms with E-state index in [1.807, 2.05) is 37.3 Å². The molecular formula is C25H28F2N2O6. The summed E-state index contributed by atoms with van der Waals surface area (Å²) in [6, 6.07) is 14.0. The predicted molar refractivity (Wildman–Crippen MR) is 125 cm³/mol. The number of amides is 1. The molecular weight excluding hydrogens is 462 g/mol. The Labute approximate surface area is 202 Å². The molecule has 1 heterocycles. The number of hydrogen-bond donors (Lipinski definition) is 3. The molecule has 0 aliphatic rings. The van der Waals surface area contributed by atoms with E-state index in [1.165, 1.54) is 24.9 Å². The number of aromatic nitrogens is 1. The average Bonchev–Trinajstić information content (AvgIpc) is 2.83. The van der Waals surface area contributed by atoms with Crippen LogP contribution in [0.4, 0.5) is 8.78 Å². The van der Waals surface area contributed by atoms with Crippen molar-refractivity contribution in [1.82, 2.24) is 4.98 Å². The molecule has 1 unspecified atom stereocenters. The lowest BCUT2D eigenvalue weighted by atomic mass is 10.1. The van der Waals surface area contributed by atoms with Crippen molar-refractivity contribution in [3.05, 3.63) is 83.7 Å². The van der Waals surface area contributed by atoms with Gasteiger partial charge in [-0.1, -0.05) is 37.3 Å². The van der Waals surface area contributed by atoms with E-state index in [0.717, 1.165) is 24.6 Å². The first-order valence-corrected chi connectivity index (χ1v) is 10.5. The lowest BCUT2D eigenvalue weighted by Crippen LogP contribution is -2.16. The summed E-state index contributed by atoms with van der Waals surface area (Å²) in [5.41, 5.74) is 5.93. The first kappa shape index (κ1) is 28.8. The second-order valence-electron chi connectivity index (χ2n) is 7.01. The van der Waals surface area contributed by atoms with E-state index in [9.17, 15) is 23.5 Å². The summed E-state index contributed by atoms with van der Waals surface area (Å²) in [5, 5.41) is 17.8. The number of ether oxygens (including phenoxy) is 2. The summed E-state index contributed by atoms with van der Waals surface area (Å²) in [6.45, 7) is 3.72. The number of nitrogens with two attached hydrogens (primary N) is 1. The van der Waals surface area contributed by atoms with Gasteiger partial charge in [-0.25, -0.2) is 13.8 Å². The second-order valence-corrected chi connectivity index (χ2v) is 7.01. The third kappa shape index (κ3) is 10.5. The summed E-state index contributed by atoms with van der Waals surface area (Å²) < 4.78 is 34.0. The molecule has 10 heteroatoms. The Hall–Kier alpha value is -4.21. The third-order valence-corrected chi connectivity index (χ3v) is 4.24. The standard InChI is InChI=1S/C12H16O2.C7H8N2O3.C6H4F2O/c1-3-12(13)14-10(2)9-11-7-5-4-6-8-11;1-12-4-2-3-9-5(6(4)10)7(8)11;7-4-1-2-5(8)6(9)3-4/h4-8,10H,3,9H2,1-2H3;2-3,10H,1H3,(H2,8,11);1-3,9H. The Kier molecular flexibility index (Phi) is 12.2. The third-order valence-electron chi connectivity index (χ3n) is 4.24. The van der Waals surface area contributed by atoms with E-state index >= 15 is 0 Å². The van der Waals surface area contributed by atoms with Gasteiger partial charge in [0.05, 0.1) is 7.11 Å². The molecule has 0 spiro atoms. The van der Waals surface area contributed by atoms with Crippen LogP contribution < -0.4 is 10.5 Å². The maximum Gasteiger partial charge on any atom is 0.305 e. The van der Waals surface area contributed by atoms with Crippen molar-refractivity contribution in [2.45, 2.75) is 32.8 Å². The molecule has 1 atom stereocenters. The van der Waals surface area contributed by atoms with Crippen molar-refractivity contribution in [2.75, 3.05) is 7.11 Å². The van der Waals surface area contributed by atoms with Crippen molar-refractivity contribution < 1.29 is 38.1 Å². The van der Waals surface area contributed by atoms with Crippen LogP contribution in [0.25, 0.3) is 0 Å². The summed E-state index contributed by atoms with van der Waals surface area (Å²) >= 11 is 0. The fourth-order valence-corrected chi connectivity index (χ4v) is 2.56. The molecule has 2 aromatic carbocycles. The molecule has 0 bridgehead atoms. The SMILES string of the molecule is CCC(=O)OC(C)Cc1ccccc1.COc1ccnc(C(N)=O)c1O.Oc1cc(F)ccc1F. The van der Waals surface area contributed by atoms with Gasteiger partial charge in [0, 0.05) is 31.2 Å². The van der Waals surface area contributed by atoms with Gasteiger partial charge < -0.3 is 25.4 Å². The molecule has 35 heavy (non-hydrogen) atoms. The quantitative estimate of drug-likeness (QED) is 0.443. The number of benzene rings is 2. The molecule has 4 N–H and O–H groups in total. The minimum Gasteiger partial charge on any atom is -0.505 e. The first-order valence-electron chi connectivity index (χ1n) is 10.5. The highest BCUT2D eigenvalue weighted by Gasteiger charge is 2.12. The first-order chi connectivity index (χ1) is 16.6. The van der Waals surface area contributed by atoms with E-state index in [-0.39, 0.29) is 29.3 Å². The topological polar surface area (TPSA) is 132 Å². The van der Waals surface area contributed by atoms with Crippen LogP contribution in [-0.2, 0) is 16.0 Å². The normalized spacial score (nSPS) is 10.5. The number of esters is 1. The molecule has 0 radical (unpaired) electrons. The molecule has 188 valence electrons. The number of rotatable bonds is 6. The van der Waals surface area contributed by atoms with Gasteiger partial charge in [-0.05, 0) is 24.6 Å². The predicted octanol–water partition coefficient (Wildman–Crippen LogP) is 4.14. The number of aromatic hydroxyl groups is 2. The Morgan fingerprint density at radius 1 is 1.09 bits per heavy atom. The van der Waals surface area contributed by atoms with Gasteiger partial charge in [0.2, 0.25) is 0 Å². The number of primary amides is 1. The lowest BCUT2D eigenvalue weighted by molar-refractivity contribution is -0.147. The van der Waals surface area contributed by atoms with Crippen molar-refractivity contribution in [1.29, 1.82) is 0 Å². The van der Waals surface area contributed by atoms with E-state index < -0.39 is 23.3 Å². The van der Waals surface area contributed by atoms with Gasteiger partial charge >= 0.3 is 5.97 Å². The zero-order valence-corrected chi connectivity index (χ0v) is 19.6. The number of methoxy groups -OCH3 is 1. The fraction of sp³-hybridized carbons (Fsp3) is 0.240. The highest BCUT2D eigenvalue weighted by Crippen LogP contribution is 2.26. The van der Waals surface area contributed by atoms with Gasteiger partial charge in [-0.2, -0.15) is 0 Å². The highest BCUT2D eigenvalue weighted by atomic mass is 19.1. The zero-order chi connectivity index (χ0) is 26.4. The largest absolute Gasteiger partial charge is 0.505 e. The number of phenols is 1. The van der Waals surface area contributed by atoms with Crippen LogP contribution in [0.15, 0.2) is 60.8 Å². The van der Waals surface area contributed by atoms with Crippen molar-refractivity contribution in [2.24, 2.45) is 5.73 Å². The summed E-state index contributed by atoms with van der Waals surface area (Å²) in [5.74, 6) is -3.17. The van der Waals surface area contributed by atoms with Gasteiger partial charge in [-0.15, -0.1) is 0 Å². The highest BCUT2D eigenvalue weighted by molar-refractivity contribution is 5.94. The van der Waals surface area contributed by atoms with Crippen molar-refractivity contribution in [3.63, 3.8) is 0 Å². The summed E-state index contributed by atoms with van der Waals surface area (Å²) in [6.07, 6.45) is 2.52. The van der Waals surface area contributed by atoms with Crippen LogP contribution in [0.2, 0.25) is 0 Å². The molecule has 0 saturated carbocycles. The average molecular weight is 491 g/mol. The maximum absolute atomic E-state index is 12.1. The van der Waals surface area contributed by atoms with Crippen LogP contribution in [0.5, 0.6) is 17.2 Å². The molecule has 3 rings (SSSR count). The van der Waals surface area contributed by atoms with Crippen molar-refractivity contribution in [3.8, 4) is 17.2 Å². The number of carbonyl (C=O) groups excluding carboxylic acids is 2. The fourth-order valence-electron chi connectivity index (χ4n) is 2.56. The zero-order valence-electron chi connectivity index (χ0n) is 19.6. The Balaban J connectivity index is 0.000000269. The second kappa shape index (κ2) is 14.8. The van der Waals surface area contributed by atoms with Gasteiger partial charge in [0.25, 0.3) is 5.91 Å². The molecule has 0 aliphatic heterocycles. The van der Waals surface area contributed by atoms with Gasteiger partial charge in [0.1, 0.15) is 11.9 Å². The van der Waals surface area contributed by atoms with Crippen molar-refractivity contribution >= 4 is 11.9 Å². The lowest BCUT2D eigenvalue weighted by Gasteiger charge is -2.12. The maximum atomic E-state index is 12.1. The number of pyridine rings is 1. The smallest absolute Gasteiger partial charge is 0.305 e. The minimum absolute atomic E-state index is 0.0372. The van der Waals surface area contributed by atoms with E-state index in [1.54, 1.807) is 6.92 Å². The Morgan fingerprint density at radius 2 is 1.74 bits per heavy atom. The van der Waals surface area contributed by atoms with Crippen LogP contribution >= 0.6 is 0 Å². The Bertz CT molecular complexity index is 1100. The van der Waals surface area contributed by atoms with E-state index in [2.05, 4.69) is 4.98 Å². The van der Waals surface area contributed by atoms with Gasteiger partial charge in [-0.3, -0.25) is 9.59 Å². The van der Waals surface area contributed by atoms with Crippen LogP contribution in [0.3, 0.4) is 0 Å². The van der Waals surface area contributed by atoms with E-state index in [0.29, 0.717) is 6.42 Å². The molecule has 1 aromatic heterocycles. The molecule has 0 aliphatic carbocycles. The monoisotopic (exact) mass is 490 g/mol. The van der Waals surface area contributed by atoms with Crippen LogP contribution in [-0.4, -0.2) is 40.3 Å². The molecule has 0 fully saturated rings. The molecule has 0 saturated heterocycles. The summed E-state index contributed by atoms with van der Waals surface area (Å²) in [4.78, 5) is 25.2. The number of nitrogens with zero attached hydrogens (tertiary/aromatic N) is 1. The molecule has 1 amide bonds. The number of carbonyl (C=O) groups is 2.